The summed E-state index contributed by atoms with van der Waals surface area (Å²) >= 11 is 0. The number of hydrogen-bond donors (Lipinski definition) is 2. The fourth-order valence-electron chi connectivity index (χ4n) is 4.49. The largest absolute Gasteiger partial charge is 0.507 e. The van der Waals surface area contributed by atoms with Gasteiger partial charge >= 0.3 is 5.97 Å². The summed E-state index contributed by atoms with van der Waals surface area (Å²) in [4.78, 5) is 39.3. The van der Waals surface area contributed by atoms with E-state index in [-0.39, 0.29) is 29.5 Å². The van der Waals surface area contributed by atoms with Crippen molar-refractivity contribution in [3.8, 4) is 11.5 Å². The first-order chi connectivity index (χ1) is 18.1. The second kappa shape index (κ2) is 10.8. The molecule has 0 radical (unpaired) electrons. The van der Waals surface area contributed by atoms with Gasteiger partial charge in [0, 0.05) is 12.1 Å². The van der Waals surface area contributed by atoms with Crippen molar-refractivity contribution >= 4 is 23.4 Å². The van der Waals surface area contributed by atoms with E-state index >= 15 is 0 Å². The summed E-state index contributed by atoms with van der Waals surface area (Å²) in [7, 11) is 1.52. The van der Waals surface area contributed by atoms with Crippen molar-refractivity contribution < 1.29 is 34.1 Å². The molecule has 4 rings (SSSR count). The van der Waals surface area contributed by atoms with Crippen LogP contribution in [0.1, 0.15) is 52.5 Å². The zero-order valence-corrected chi connectivity index (χ0v) is 21.6. The van der Waals surface area contributed by atoms with Gasteiger partial charge in [-0.3, -0.25) is 9.59 Å². The van der Waals surface area contributed by atoms with Gasteiger partial charge in [-0.05, 0) is 79.9 Å². The number of carbonyl (C=O) groups excluding carboxylic acids is 2. The fourth-order valence-corrected chi connectivity index (χ4v) is 4.49. The molecule has 1 heterocycles. The van der Waals surface area contributed by atoms with Gasteiger partial charge in [-0.25, -0.2) is 4.79 Å². The quantitative estimate of drug-likeness (QED) is 0.243. The third-order valence-electron chi connectivity index (χ3n) is 6.31. The van der Waals surface area contributed by atoms with Crippen molar-refractivity contribution in [3.63, 3.8) is 0 Å². The number of ketones is 1. The molecule has 0 saturated carbocycles. The molecule has 8 heteroatoms. The van der Waals surface area contributed by atoms with E-state index in [9.17, 15) is 24.6 Å². The number of carbonyl (C=O) groups is 3. The van der Waals surface area contributed by atoms with Crippen molar-refractivity contribution in [2.24, 2.45) is 0 Å². The number of rotatable bonds is 8. The van der Waals surface area contributed by atoms with Gasteiger partial charge in [0.05, 0.1) is 30.4 Å². The minimum absolute atomic E-state index is 0.0311. The van der Waals surface area contributed by atoms with Crippen LogP contribution in [0, 0.1) is 6.92 Å². The highest BCUT2D eigenvalue weighted by Crippen LogP contribution is 2.41. The molecule has 1 unspecified atom stereocenters. The summed E-state index contributed by atoms with van der Waals surface area (Å²) in [6, 6.07) is 17.3. The highest BCUT2D eigenvalue weighted by Gasteiger charge is 2.46. The molecule has 1 aliphatic rings. The monoisotopic (exact) mass is 515 g/mol. The molecule has 0 spiro atoms. The number of likely N-dealkylation sites (tertiary alicyclic amines) is 1. The number of Topliss-reactive ketones (excluding diaryl/α,β-unsaturated/α-hetero) is 1. The third-order valence-corrected chi connectivity index (χ3v) is 6.31. The Morgan fingerprint density at radius 3 is 2.26 bits per heavy atom. The van der Waals surface area contributed by atoms with Crippen LogP contribution in [-0.2, 0) is 16.1 Å². The summed E-state index contributed by atoms with van der Waals surface area (Å²) in [5.41, 5.74) is 2.45. The van der Waals surface area contributed by atoms with Gasteiger partial charge in [0.1, 0.15) is 17.3 Å². The van der Waals surface area contributed by atoms with E-state index in [1.807, 2.05) is 20.8 Å². The Balaban J connectivity index is 1.82. The van der Waals surface area contributed by atoms with Crippen LogP contribution < -0.4 is 9.47 Å². The van der Waals surface area contributed by atoms with Crippen LogP contribution in [0.25, 0.3) is 5.76 Å². The maximum atomic E-state index is 13.4. The molecule has 0 aromatic heterocycles. The Morgan fingerprint density at radius 1 is 0.974 bits per heavy atom. The molecular weight excluding hydrogens is 486 g/mol. The Morgan fingerprint density at radius 2 is 1.66 bits per heavy atom. The van der Waals surface area contributed by atoms with Crippen molar-refractivity contribution in [2.75, 3.05) is 7.11 Å². The zero-order valence-electron chi connectivity index (χ0n) is 21.6. The van der Waals surface area contributed by atoms with Gasteiger partial charge in [-0.15, -0.1) is 0 Å². The molecule has 0 aliphatic carbocycles. The van der Waals surface area contributed by atoms with E-state index in [1.54, 1.807) is 54.6 Å². The maximum Gasteiger partial charge on any atom is 0.335 e. The predicted molar refractivity (Wildman–Crippen MR) is 141 cm³/mol. The summed E-state index contributed by atoms with van der Waals surface area (Å²) in [5.74, 6) is -1.74. The highest BCUT2D eigenvalue weighted by atomic mass is 16.5. The van der Waals surface area contributed by atoms with Crippen LogP contribution in [0.15, 0.2) is 72.3 Å². The van der Waals surface area contributed by atoms with E-state index in [4.69, 9.17) is 9.47 Å². The molecule has 3 aromatic carbocycles. The van der Waals surface area contributed by atoms with Crippen molar-refractivity contribution in [1.29, 1.82) is 0 Å². The Labute approximate surface area is 220 Å². The lowest BCUT2D eigenvalue weighted by Crippen LogP contribution is -2.29. The number of amides is 1. The number of nitrogens with zero attached hydrogens (tertiary/aromatic N) is 1. The van der Waals surface area contributed by atoms with Crippen LogP contribution in [0.3, 0.4) is 0 Å². The second-order valence-electron chi connectivity index (χ2n) is 9.35. The number of carboxylic acid groups (broad SMARTS) is 1. The summed E-state index contributed by atoms with van der Waals surface area (Å²) in [6.07, 6.45) is -0.0314. The highest BCUT2D eigenvalue weighted by molar-refractivity contribution is 6.46. The molecule has 8 nitrogen and oxygen atoms in total. The maximum absolute atomic E-state index is 13.4. The van der Waals surface area contributed by atoms with E-state index in [1.165, 1.54) is 24.1 Å². The lowest BCUT2D eigenvalue weighted by molar-refractivity contribution is -0.140. The molecule has 38 heavy (non-hydrogen) atoms. The van der Waals surface area contributed by atoms with Gasteiger partial charge in [-0.1, -0.05) is 24.3 Å². The first-order valence-corrected chi connectivity index (χ1v) is 12.1. The van der Waals surface area contributed by atoms with Crippen molar-refractivity contribution in [1.82, 2.24) is 4.90 Å². The molecule has 3 aromatic rings. The van der Waals surface area contributed by atoms with Crippen molar-refractivity contribution in [3.05, 3.63) is 100 Å². The number of methoxy groups -OCH3 is 1. The molecule has 1 fully saturated rings. The van der Waals surface area contributed by atoms with Crippen LogP contribution in [-0.4, -0.2) is 46.0 Å². The average Bonchev–Trinajstić information content (AvgIpc) is 3.14. The zero-order chi connectivity index (χ0) is 27.6. The smallest absolute Gasteiger partial charge is 0.335 e. The summed E-state index contributed by atoms with van der Waals surface area (Å²) in [6.45, 7) is 5.70. The molecule has 1 atom stereocenters. The Bertz CT molecular complexity index is 1420. The number of aromatic carboxylic acids is 1. The van der Waals surface area contributed by atoms with Gasteiger partial charge in [-0.2, -0.15) is 0 Å². The molecule has 2 N–H and O–H groups in total. The third kappa shape index (κ3) is 5.25. The first kappa shape index (κ1) is 26.5. The van der Waals surface area contributed by atoms with E-state index in [2.05, 4.69) is 0 Å². The molecule has 1 saturated heterocycles. The number of aliphatic hydroxyl groups is 1. The fraction of sp³-hybridized carbons (Fsp3) is 0.233. The lowest BCUT2D eigenvalue weighted by atomic mass is 9.94. The molecule has 1 amide bonds. The minimum atomic E-state index is -1.06. The molecule has 0 bridgehead atoms. The Kier molecular flexibility index (Phi) is 7.52. The SMILES string of the molecule is COc1cccc(C2/C(=C(\O)c3ccc(OC(C)C)c(C)c3)C(=O)C(=O)N2Cc2ccc(C(=O)O)cc2)c1. The van der Waals surface area contributed by atoms with Gasteiger partial charge < -0.3 is 24.6 Å². The van der Waals surface area contributed by atoms with Gasteiger partial charge in [0.2, 0.25) is 0 Å². The number of carboxylic acids is 1. The lowest BCUT2D eigenvalue weighted by Gasteiger charge is -2.26. The molecule has 196 valence electrons. The van der Waals surface area contributed by atoms with Crippen LogP contribution >= 0.6 is 0 Å². The van der Waals surface area contributed by atoms with Crippen LogP contribution in [0.4, 0.5) is 0 Å². The predicted octanol–water partition coefficient (Wildman–Crippen LogP) is 5.11. The van der Waals surface area contributed by atoms with E-state index < -0.39 is 23.7 Å². The summed E-state index contributed by atoms with van der Waals surface area (Å²) < 4.78 is 11.1. The van der Waals surface area contributed by atoms with Crippen molar-refractivity contribution in [2.45, 2.75) is 39.5 Å². The first-order valence-electron chi connectivity index (χ1n) is 12.1. The molecular formula is C30H29NO7. The normalized spacial score (nSPS) is 16.7. The summed E-state index contributed by atoms with van der Waals surface area (Å²) in [5, 5.41) is 20.6. The van der Waals surface area contributed by atoms with E-state index in [0.717, 1.165) is 5.56 Å². The average molecular weight is 516 g/mol. The number of aliphatic hydroxyl groups excluding tert-OH is 1. The van der Waals surface area contributed by atoms with E-state index in [0.29, 0.717) is 28.2 Å². The topological polar surface area (TPSA) is 113 Å². The minimum Gasteiger partial charge on any atom is -0.507 e. The number of aryl methyl sites for hydroxylation is 1. The van der Waals surface area contributed by atoms with Gasteiger partial charge in [0.15, 0.2) is 0 Å². The second-order valence-corrected chi connectivity index (χ2v) is 9.35. The van der Waals surface area contributed by atoms with Crippen LogP contribution in [0.2, 0.25) is 0 Å². The Hall–Kier alpha value is -4.59. The number of hydrogen-bond acceptors (Lipinski definition) is 6. The van der Waals surface area contributed by atoms with Gasteiger partial charge in [0.25, 0.3) is 11.7 Å². The molecule has 1 aliphatic heterocycles. The number of benzene rings is 3. The van der Waals surface area contributed by atoms with Crippen LogP contribution in [0.5, 0.6) is 11.5 Å². The standard InChI is InChI=1S/C30H29NO7/c1-17(2)38-24-13-12-22(14-18(24)3)27(32)25-26(21-6-5-7-23(15-21)37-4)31(29(34)28(25)33)16-19-8-10-20(11-9-19)30(35)36/h5-15,17,26,32H,16H2,1-4H3,(H,35,36)/b27-25+. The number of ether oxygens (including phenoxy) is 2.